The molecule has 4 rings (SSSR count). The fraction of sp³-hybridized carbons (Fsp3) is 0.333. The minimum Gasteiger partial charge on any atom is -0.497 e. The van der Waals surface area contributed by atoms with Gasteiger partial charge in [-0.15, -0.1) is 0 Å². The molecule has 0 spiro atoms. The lowest BCUT2D eigenvalue weighted by atomic mass is 10.2. The topological polar surface area (TPSA) is 63.3 Å². The van der Waals surface area contributed by atoms with Gasteiger partial charge in [0.1, 0.15) is 12.4 Å². The summed E-state index contributed by atoms with van der Waals surface area (Å²) in [5.41, 5.74) is 0.874. The Bertz CT molecular complexity index is 899. The predicted molar refractivity (Wildman–Crippen MR) is 114 cm³/mol. The van der Waals surface area contributed by atoms with Crippen LogP contribution in [0.1, 0.15) is 0 Å². The van der Waals surface area contributed by atoms with Crippen LogP contribution < -0.4 is 19.5 Å². The summed E-state index contributed by atoms with van der Waals surface area (Å²) in [5.74, 6) is 2.00. The first kappa shape index (κ1) is 19.3. The molecule has 0 radical (unpaired) electrons. The molecule has 1 fully saturated rings. The monoisotopic (exact) mass is 413 g/mol. The Morgan fingerprint density at radius 2 is 1.79 bits per heavy atom. The van der Waals surface area contributed by atoms with Crippen LogP contribution in [0.2, 0.25) is 0 Å². The lowest BCUT2D eigenvalue weighted by Gasteiger charge is -2.38. The number of piperazine rings is 1. The van der Waals surface area contributed by atoms with Gasteiger partial charge in [-0.05, 0) is 36.5 Å². The third kappa shape index (κ3) is 4.37. The summed E-state index contributed by atoms with van der Waals surface area (Å²) >= 11 is 5.53. The Morgan fingerprint density at radius 3 is 2.55 bits per heavy atom. The summed E-state index contributed by atoms with van der Waals surface area (Å²) in [5, 5.41) is 3.87. The molecule has 29 heavy (non-hydrogen) atoms. The molecule has 2 aliphatic rings. The number of nitrogens with zero attached hydrogens (tertiary/aromatic N) is 2. The average molecular weight is 413 g/mol. The molecule has 2 heterocycles. The zero-order valence-corrected chi connectivity index (χ0v) is 17.0. The molecule has 2 aromatic carbocycles. The molecule has 1 saturated heterocycles. The highest BCUT2D eigenvalue weighted by atomic mass is 32.1. The van der Waals surface area contributed by atoms with Crippen LogP contribution in [-0.4, -0.2) is 66.8 Å². The number of para-hydroxylation sites is 2. The number of ether oxygens (including phenoxy) is 3. The van der Waals surface area contributed by atoms with Crippen molar-refractivity contribution in [3.8, 4) is 17.2 Å². The van der Waals surface area contributed by atoms with Crippen molar-refractivity contribution in [3.05, 3.63) is 48.5 Å². The molecule has 0 aromatic heterocycles. The number of anilines is 1. The van der Waals surface area contributed by atoms with Crippen molar-refractivity contribution in [3.63, 3.8) is 0 Å². The number of benzene rings is 2. The van der Waals surface area contributed by atoms with Gasteiger partial charge in [0.15, 0.2) is 16.6 Å². The van der Waals surface area contributed by atoms with Crippen LogP contribution in [0.25, 0.3) is 0 Å². The van der Waals surface area contributed by atoms with Gasteiger partial charge in [-0.25, -0.2) is 0 Å². The second-order valence-electron chi connectivity index (χ2n) is 6.84. The van der Waals surface area contributed by atoms with Crippen LogP contribution >= 0.6 is 12.2 Å². The van der Waals surface area contributed by atoms with Crippen molar-refractivity contribution in [1.29, 1.82) is 0 Å². The number of thiocarbonyl (C=S) groups is 1. The normalized spacial score (nSPS) is 18.2. The highest BCUT2D eigenvalue weighted by Crippen LogP contribution is 2.31. The Kier molecular flexibility index (Phi) is 5.71. The molecule has 1 N–H and O–H groups in total. The number of amides is 1. The summed E-state index contributed by atoms with van der Waals surface area (Å²) in [4.78, 5) is 16.7. The van der Waals surface area contributed by atoms with E-state index in [-0.39, 0.29) is 12.5 Å². The summed E-state index contributed by atoms with van der Waals surface area (Å²) in [7, 11) is 1.63. The van der Waals surface area contributed by atoms with Crippen molar-refractivity contribution in [2.45, 2.75) is 6.10 Å². The number of carbonyl (C=O) groups is 1. The molecule has 2 aromatic rings. The number of hydrogen-bond acceptors (Lipinski definition) is 5. The molecule has 0 saturated carbocycles. The molecule has 7 nitrogen and oxygen atoms in total. The Labute approximate surface area is 175 Å². The fourth-order valence-corrected chi connectivity index (χ4v) is 3.68. The first-order chi connectivity index (χ1) is 14.1. The van der Waals surface area contributed by atoms with E-state index in [1.165, 1.54) is 0 Å². The van der Waals surface area contributed by atoms with E-state index >= 15 is 0 Å². The van der Waals surface area contributed by atoms with Crippen LogP contribution in [0, 0.1) is 0 Å². The second kappa shape index (κ2) is 8.57. The standard InChI is InChI=1S/C21H23N3O4S/c1-26-16-6-4-5-15(13-16)22-21(29)24-11-9-23(10-12-24)20(25)19-14-27-17-7-2-3-8-18(17)28-19/h2-8,13,19H,9-12,14H2,1H3,(H,22,29)/t19-/m0/s1. The van der Waals surface area contributed by atoms with Gasteiger partial charge >= 0.3 is 0 Å². The molecule has 0 unspecified atom stereocenters. The smallest absolute Gasteiger partial charge is 0.267 e. The van der Waals surface area contributed by atoms with Crippen LogP contribution in [0.5, 0.6) is 17.2 Å². The second-order valence-corrected chi connectivity index (χ2v) is 7.23. The summed E-state index contributed by atoms with van der Waals surface area (Å²) in [6, 6.07) is 15.0. The van der Waals surface area contributed by atoms with Crippen molar-refractivity contribution in [1.82, 2.24) is 9.80 Å². The van der Waals surface area contributed by atoms with Crippen molar-refractivity contribution in [2.75, 3.05) is 45.2 Å². The lowest BCUT2D eigenvalue weighted by Crippen LogP contribution is -2.55. The molecule has 152 valence electrons. The third-order valence-corrected chi connectivity index (χ3v) is 5.34. The van der Waals surface area contributed by atoms with Crippen molar-refractivity contribution < 1.29 is 19.0 Å². The van der Waals surface area contributed by atoms with Gasteiger partial charge in [0.2, 0.25) is 6.10 Å². The van der Waals surface area contributed by atoms with Gasteiger partial charge in [0, 0.05) is 37.9 Å². The van der Waals surface area contributed by atoms with E-state index in [0.717, 1.165) is 11.4 Å². The number of rotatable bonds is 3. The zero-order valence-electron chi connectivity index (χ0n) is 16.2. The maximum absolute atomic E-state index is 12.8. The molecular weight excluding hydrogens is 390 g/mol. The lowest BCUT2D eigenvalue weighted by molar-refractivity contribution is -0.142. The molecule has 0 bridgehead atoms. The van der Waals surface area contributed by atoms with Gasteiger partial charge in [0.05, 0.1) is 7.11 Å². The predicted octanol–water partition coefficient (Wildman–Crippen LogP) is 2.38. The molecule has 1 amide bonds. The zero-order chi connectivity index (χ0) is 20.2. The van der Waals surface area contributed by atoms with Gasteiger partial charge < -0.3 is 29.3 Å². The highest BCUT2D eigenvalue weighted by molar-refractivity contribution is 7.80. The van der Waals surface area contributed by atoms with E-state index < -0.39 is 6.10 Å². The summed E-state index contributed by atoms with van der Waals surface area (Å²) < 4.78 is 16.7. The number of hydrogen-bond donors (Lipinski definition) is 1. The van der Waals surface area contributed by atoms with Crippen molar-refractivity contribution >= 4 is 28.9 Å². The van der Waals surface area contributed by atoms with Gasteiger partial charge in [-0.2, -0.15) is 0 Å². The minimum atomic E-state index is -0.613. The number of methoxy groups -OCH3 is 1. The number of fused-ring (bicyclic) bond motifs is 1. The minimum absolute atomic E-state index is 0.0502. The maximum atomic E-state index is 12.8. The van der Waals surface area contributed by atoms with E-state index in [4.69, 9.17) is 26.4 Å². The molecule has 0 aliphatic carbocycles. The van der Waals surface area contributed by atoms with E-state index in [0.29, 0.717) is 42.8 Å². The van der Waals surface area contributed by atoms with Crippen LogP contribution in [0.3, 0.4) is 0 Å². The van der Waals surface area contributed by atoms with Crippen molar-refractivity contribution in [2.24, 2.45) is 0 Å². The SMILES string of the molecule is COc1cccc(NC(=S)N2CCN(C(=O)[C@@H]3COc4ccccc4O3)CC2)c1. The first-order valence-corrected chi connectivity index (χ1v) is 9.92. The van der Waals surface area contributed by atoms with Gasteiger partial charge in [-0.1, -0.05) is 18.2 Å². The van der Waals surface area contributed by atoms with Crippen LogP contribution in [-0.2, 0) is 4.79 Å². The average Bonchev–Trinajstić information content (AvgIpc) is 2.78. The Morgan fingerprint density at radius 1 is 1.07 bits per heavy atom. The molecular formula is C21H23N3O4S. The summed E-state index contributed by atoms with van der Waals surface area (Å²) in [6.45, 7) is 2.71. The fourth-order valence-electron chi connectivity index (χ4n) is 3.38. The number of nitrogens with one attached hydrogen (secondary N) is 1. The van der Waals surface area contributed by atoms with Gasteiger partial charge in [-0.3, -0.25) is 4.79 Å². The molecule has 8 heteroatoms. The van der Waals surface area contributed by atoms with E-state index in [1.807, 2.05) is 53.4 Å². The molecule has 2 aliphatic heterocycles. The van der Waals surface area contributed by atoms with E-state index in [2.05, 4.69) is 10.2 Å². The largest absolute Gasteiger partial charge is 0.497 e. The highest BCUT2D eigenvalue weighted by Gasteiger charge is 2.33. The number of carbonyl (C=O) groups excluding carboxylic acids is 1. The van der Waals surface area contributed by atoms with Crippen LogP contribution in [0.4, 0.5) is 5.69 Å². The first-order valence-electron chi connectivity index (χ1n) is 9.51. The third-order valence-electron chi connectivity index (χ3n) is 4.98. The Balaban J connectivity index is 1.30. The Hall–Kier alpha value is -3.00. The van der Waals surface area contributed by atoms with E-state index in [1.54, 1.807) is 7.11 Å². The van der Waals surface area contributed by atoms with E-state index in [9.17, 15) is 4.79 Å². The molecule has 1 atom stereocenters. The van der Waals surface area contributed by atoms with Gasteiger partial charge in [0.25, 0.3) is 5.91 Å². The van der Waals surface area contributed by atoms with Crippen LogP contribution in [0.15, 0.2) is 48.5 Å². The maximum Gasteiger partial charge on any atom is 0.267 e. The summed E-state index contributed by atoms with van der Waals surface area (Å²) in [6.07, 6.45) is -0.613. The quantitative estimate of drug-likeness (QED) is 0.775.